The van der Waals surface area contributed by atoms with E-state index < -0.39 is 10.0 Å². The monoisotopic (exact) mass is 393 g/mol. The first kappa shape index (κ1) is 16.8. The molecule has 10 heteroatoms. The number of hydrogen-bond acceptors (Lipinski definition) is 6. The van der Waals surface area contributed by atoms with Gasteiger partial charge in [-0.1, -0.05) is 34.5 Å². The van der Waals surface area contributed by atoms with Gasteiger partial charge >= 0.3 is 0 Å². The van der Waals surface area contributed by atoms with Crippen molar-refractivity contribution in [3.05, 3.63) is 34.4 Å². The second-order valence-corrected chi connectivity index (χ2v) is 8.67. The molecule has 2 N–H and O–H groups in total. The predicted octanol–water partition coefficient (Wildman–Crippen LogP) is 2.76. The summed E-state index contributed by atoms with van der Waals surface area (Å²) in [6.45, 7) is 1.33. The van der Waals surface area contributed by atoms with E-state index in [-0.39, 0.29) is 10.3 Å². The second-order valence-electron chi connectivity index (χ2n) is 5.06. The Morgan fingerprint density at radius 3 is 2.78 bits per heavy atom. The van der Waals surface area contributed by atoms with Crippen molar-refractivity contribution in [1.82, 2.24) is 4.98 Å². The molecule has 1 aromatic heterocycles. The fourth-order valence-corrected chi connectivity index (χ4v) is 4.13. The molecule has 2 heterocycles. The van der Waals surface area contributed by atoms with Crippen molar-refractivity contribution >= 4 is 49.7 Å². The van der Waals surface area contributed by atoms with Crippen LogP contribution in [0.3, 0.4) is 0 Å². The van der Waals surface area contributed by atoms with Crippen LogP contribution >= 0.6 is 34.5 Å². The Morgan fingerprint density at radius 1 is 1.35 bits per heavy atom. The highest BCUT2D eigenvalue weighted by molar-refractivity contribution is 7.91. The number of rotatable bonds is 4. The molecule has 0 amide bonds. The number of primary sulfonamides is 1. The van der Waals surface area contributed by atoms with Gasteiger partial charge in [-0.25, -0.2) is 18.5 Å². The predicted molar refractivity (Wildman–Crippen MR) is 91.2 cm³/mol. The van der Waals surface area contributed by atoms with Crippen molar-refractivity contribution in [2.75, 3.05) is 18.0 Å². The van der Waals surface area contributed by atoms with Gasteiger partial charge in [0.2, 0.25) is 10.0 Å². The van der Waals surface area contributed by atoms with Gasteiger partial charge in [-0.3, -0.25) is 0 Å². The molecule has 3 rings (SSSR count). The molecule has 2 aromatic rings. The summed E-state index contributed by atoms with van der Waals surface area (Å²) in [5.74, 6) is 0.649. The molecule has 23 heavy (non-hydrogen) atoms. The normalized spacial score (nSPS) is 18.4. The lowest BCUT2D eigenvalue weighted by Gasteiger charge is -2.16. The average Bonchev–Trinajstić information content (AvgIpc) is 3.11. The molecule has 1 fully saturated rings. The molecule has 0 bridgehead atoms. The van der Waals surface area contributed by atoms with E-state index in [4.69, 9.17) is 33.1 Å². The minimum absolute atomic E-state index is 0.0333. The molecule has 1 saturated heterocycles. The summed E-state index contributed by atoms with van der Waals surface area (Å²) in [7, 11) is -3.71. The first-order valence-corrected chi connectivity index (χ1v) is 9.80. The zero-order valence-corrected chi connectivity index (χ0v) is 14.9. The van der Waals surface area contributed by atoms with Crippen LogP contribution in [0.1, 0.15) is 6.42 Å². The van der Waals surface area contributed by atoms with Crippen LogP contribution in [0.15, 0.2) is 28.6 Å². The van der Waals surface area contributed by atoms with Crippen molar-refractivity contribution in [2.24, 2.45) is 5.14 Å². The van der Waals surface area contributed by atoms with E-state index in [1.54, 1.807) is 18.2 Å². The number of thiazole rings is 1. The van der Waals surface area contributed by atoms with Gasteiger partial charge in [0, 0.05) is 19.0 Å². The summed E-state index contributed by atoms with van der Waals surface area (Å²) >= 11 is 12.9. The Labute approximate surface area is 147 Å². The van der Waals surface area contributed by atoms with Crippen LogP contribution < -0.4 is 14.8 Å². The van der Waals surface area contributed by atoms with Gasteiger partial charge in [-0.05, 0) is 12.1 Å². The van der Waals surface area contributed by atoms with Crippen LogP contribution in [0.2, 0.25) is 10.0 Å². The zero-order valence-electron chi connectivity index (χ0n) is 11.8. The highest BCUT2D eigenvalue weighted by atomic mass is 35.5. The number of ether oxygens (including phenoxy) is 1. The number of sulfonamides is 1. The van der Waals surface area contributed by atoms with Crippen LogP contribution in [0.25, 0.3) is 0 Å². The Balaban J connectivity index is 1.66. The number of halogens is 2. The van der Waals surface area contributed by atoms with Crippen LogP contribution in [0.5, 0.6) is 5.75 Å². The van der Waals surface area contributed by atoms with E-state index in [1.165, 1.54) is 6.20 Å². The topological polar surface area (TPSA) is 85.5 Å². The lowest BCUT2D eigenvalue weighted by atomic mass is 10.3. The summed E-state index contributed by atoms with van der Waals surface area (Å²) in [6.07, 6.45) is 2.04. The van der Waals surface area contributed by atoms with E-state index in [1.807, 2.05) is 4.90 Å². The first-order valence-electron chi connectivity index (χ1n) is 6.68. The van der Waals surface area contributed by atoms with Crippen molar-refractivity contribution in [3.8, 4) is 5.75 Å². The van der Waals surface area contributed by atoms with Crippen molar-refractivity contribution in [3.63, 3.8) is 0 Å². The minimum atomic E-state index is -3.71. The molecule has 1 aliphatic rings. The number of nitrogens with zero attached hydrogens (tertiary/aromatic N) is 2. The summed E-state index contributed by atoms with van der Waals surface area (Å²) < 4.78 is 28.6. The Hall–Kier alpha value is -1.06. The molecular formula is C13H13Cl2N3O3S2. The number of anilines is 1. The highest BCUT2D eigenvalue weighted by Gasteiger charge is 2.27. The smallest absolute Gasteiger partial charge is 0.249 e. The summed E-state index contributed by atoms with van der Waals surface area (Å²) in [5.41, 5.74) is 0. The molecule has 124 valence electrons. The van der Waals surface area contributed by atoms with E-state index in [0.717, 1.165) is 24.3 Å². The quantitative estimate of drug-likeness (QED) is 0.862. The first-order chi connectivity index (χ1) is 10.8. The van der Waals surface area contributed by atoms with Crippen LogP contribution in [-0.4, -0.2) is 32.6 Å². The maximum atomic E-state index is 11.3. The number of aromatic nitrogens is 1. The zero-order chi connectivity index (χ0) is 16.6. The van der Waals surface area contributed by atoms with Gasteiger partial charge in [-0.15, -0.1) is 0 Å². The van der Waals surface area contributed by atoms with Gasteiger partial charge in [0.15, 0.2) is 9.34 Å². The molecule has 0 aliphatic carbocycles. The molecule has 0 radical (unpaired) electrons. The summed E-state index contributed by atoms with van der Waals surface area (Å²) in [6, 6.07) is 5.12. The van der Waals surface area contributed by atoms with Crippen molar-refractivity contribution < 1.29 is 13.2 Å². The highest BCUT2D eigenvalue weighted by Crippen LogP contribution is 2.31. The maximum absolute atomic E-state index is 11.3. The average molecular weight is 394 g/mol. The molecule has 6 nitrogen and oxygen atoms in total. The third kappa shape index (κ3) is 3.89. The Morgan fingerprint density at radius 2 is 2.13 bits per heavy atom. The van der Waals surface area contributed by atoms with E-state index in [9.17, 15) is 8.42 Å². The summed E-state index contributed by atoms with van der Waals surface area (Å²) in [4.78, 5) is 6.10. The maximum Gasteiger partial charge on any atom is 0.249 e. The van der Waals surface area contributed by atoms with Crippen molar-refractivity contribution in [2.45, 2.75) is 16.7 Å². The molecule has 0 saturated carbocycles. The van der Waals surface area contributed by atoms with Crippen LogP contribution in [0.4, 0.5) is 5.13 Å². The number of benzene rings is 1. The molecule has 1 aliphatic heterocycles. The third-order valence-electron chi connectivity index (χ3n) is 3.36. The number of hydrogen-bond donors (Lipinski definition) is 1. The SMILES string of the molecule is NS(=O)(=O)c1cnc(N2CCC(Oc3ccc(Cl)c(Cl)c3)C2)s1. The van der Waals surface area contributed by atoms with E-state index >= 15 is 0 Å². The van der Waals surface area contributed by atoms with Crippen LogP contribution in [0, 0.1) is 0 Å². The minimum Gasteiger partial charge on any atom is -0.488 e. The second kappa shape index (κ2) is 6.45. The standard InChI is InChI=1S/C13H13Cl2N3O3S2/c14-10-2-1-8(5-11(10)15)21-9-3-4-18(7-9)13-17-6-12(22-13)23(16,19)20/h1-2,5-6,9H,3-4,7H2,(H2,16,19,20). The lowest BCUT2D eigenvalue weighted by molar-refractivity contribution is 0.225. The Kier molecular flexibility index (Phi) is 4.70. The largest absolute Gasteiger partial charge is 0.488 e. The summed E-state index contributed by atoms with van der Waals surface area (Å²) in [5, 5.41) is 6.64. The lowest BCUT2D eigenvalue weighted by Crippen LogP contribution is -2.24. The Bertz CT molecular complexity index is 826. The molecule has 0 spiro atoms. The molecule has 1 aromatic carbocycles. The van der Waals surface area contributed by atoms with Gasteiger partial charge < -0.3 is 9.64 Å². The fraction of sp³-hybridized carbons (Fsp3) is 0.308. The third-order valence-corrected chi connectivity index (χ3v) is 6.57. The van der Waals surface area contributed by atoms with Crippen molar-refractivity contribution in [1.29, 1.82) is 0 Å². The van der Waals surface area contributed by atoms with Gasteiger partial charge in [0.05, 0.1) is 22.8 Å². The van der Waals surface area contributed by atoms with Gasteiger partial charge in [0.25, 0.3) is 0 Å². The van der Waals surface area contributed by atoms with Crippen LogP contribution in [-0.2, 0) is 10.0 Å². The molecular weight excluding hydrogens is 381 g/mol. The fourth-order valence-electron chi connectivity index (χ4n) is 2.27. The molecule has 1 atom stereocenters. The van der Waals surface area contributed by atoms with E-state index in [2.05, 4.69) is 4.98 Å². The van der Waals surface area contributed by atoms with Gasteiger partial charge in [-0.2, -0.15) is 0 Å². The van der Waals surface area contributed by atoms with E-state index in [0.29, 0.717) is 27.5 Å². The number of nitrogens with two attached hydrogens (primary N) is 1. The van der Waals surface area contributed by atoms with Gasteiger partial charge in [0.1, 0.15) is 11.9 Å². The molecule has 1 unspecified atom stereocenters.